The summed E-state index contributed by atoms with van der Waals surface area (Å²) in [5.41, 5.74) is 0.993. The Balaban J connectivity index is 2.56. The number of nitrogens with one attached hydrogen (secondary N) is 1. The maximum absolute atomic E-state index is 3.90. The number of nitrogens with zero attached hydrogens (tertiary/aromatic N) is 3. The molecule has 0 unspecified atom stereocenters. The number of hydrogen-bond acceptors (Lipinski definition) is 3. The average Bonchev–Trinajstić information content (AvgIpc) is 2.35. The van der Waals surface area contributed by atoms with Gasteiger partial charge >= 0.3 is 0 Å². The number of aromatic nitrogens is 3. The quantitative estimate of drug-likeness (QED) is 0.530. The monoisotopic (exact) mass is 124 g/mol. The van der Waals surface area contributed by atoms with Crippen LogP contribution >= 0.6 is 0 Å². The summed E-state index contributed by atoms with van der Waals surface area (Å²) in [5.74, 6) is 1.08. The van der Waals surface area contributed by atoms with Gasteiger partial charge in [-0.1, -0.05) is 5.21 Å². The molecule has 0 radical (unpaired) electrons. The molecule has 1 aliphatic heterocycles. The largest absolute Gasteiger partial charge is 0.367 e. The fourth-order valence-corrected chi connectivity index (χ4v) is 1.06. The molecule has 0 aliphatic carbocycles. The highest BCUT2D eigenvalue weighted by Gasteiger charge is 2.12. The third-order valence-electron chi connectivity index (χ3n) is 1.52. The highest BCUT2D eigenvalue weighted by Crippen LogP contribution is 2.14. The lowest BCUT2D eigenvalue weighted by molar-refractivity contribution is 0.654. The van der Waals surface area contributed by atoms with Crippen LogP contribution in [0.2, 0.25) is 0 Å². The molecular formula is C5H8N4. The van der Waals surface area contributed by atoms with Gasteiger partial charge in [-0.05, 0) is 6.92 Å². The van der Waals surface area contributed by atoms with E-state index >= 15 is 0 Å². The van der Waals surface area contributed by atoms with Crippen LogP contribution in [0.25, 0.3) is 0 Å². The molecule has 0 aromatic carbocycles. The van der Waals surface area contributed by atoms with Gasteiger partial charge in [0.25, 0.3) is 0 Å². The predicted octanol–water partition coefficient (Wildman–Crippen LogP) is 0.0120. The van der Waals surface area contributed by atoms with Gasteiger partial charge in [-0.2, -0.15) is 0 Å². The standard InChI is InChI=1S/C5H8N4/c1-4-5-6-2-3-9(5)8-7-4/h6H,2-3H2,1H3. The molecule has 9 heavy (non-hydrogen) atoms. The molecule has 0 saturated carbocycles. The molecule has 0 amide bonds. The number of aryl methyl sites for hydroxylation is 1. The first kappa shape index (κ1) is 4.78. The summed E-state index contributed by atoms with van der Waals surface area (Å²) in [6.45, 7) is 3.90. The minimum atomic E-state index is 0.955. The van der Waals surface area contributed by atoms with Crippen LogP contribution in [0.5, 0.6) is 0 Å². The van der Waals surface area contributed by atoms with E-state index in [2.05, 4.69) is 15.6 Å². The van der Waals surface area contributed by atoms with Crippen LogP contribution in [-0.2, 0) is 6.54 Å². The first-order valence-electron chi connectivity index (χ1n) is 3.02. The lowest BCUT2D eigenvalue weighted by atomic mass is 10.5. The summed E-state index contributed by atoms with van der Waals surface area (Å²) in [6, 6.07) is 0. The van der Waals surface area contributed by atoms with E-state index in [0.29, 0.717) is 0 Å². The highest BCUT2D eigenvalue weighted by atomic mass is 15.5. The molecule has 1 aromatic heterocycles. The number of fused-ring (bicyclic) bond motifs is 1. The molecule has 2 heterocycles. The van der Waals surface area contributed by atoms with Crippen LogP contribution in [0.4, 0.5) is 5.82 Å². The van der Waals surface area contributed by atoms with Gasteiger partial charge in [0.1, 0.15) is 11.5 Å². The Morgan fingerprint density at radius 3 is 3.33 bits per heavy atom. The Kier molecular flexibility index (Phi) is 0.777. The number of anilines is 1. The molecule has 1 aliphatic rings. The van der Waals surface area contributed by atoms with E-state index < -0.39 is 0 Å². The van der Waals surface area contributed by atoms with Crippen molar-refractivity contribution < 1.29 is 0 Å². The number of hydrogen-bond donors (Lipinski definition) is 1. The number of rotatable bonds is 0. The zero-order chi connectivity index (χ0) is 6.27. The van der Waals surface area contributed by atoms with E-state index in [0.717, 1.165) is 24.6 Å². The van der Waals surface area contributed by atoms with Crippen molar-refractivity contribution in [3.8, 4) is 0 Å². The summed E-state index contributed by atoms with van der Waals surface area (Å²) < 4.78 is 1.88. The summed E-state index contributed by atoms with van der Waals surface area (Å²) in [4.78, 5) is 0. The average molecular weight is 124 g/mol. The lowest BCUT2D eigenvalue weighted by Gasteiger charge is -1.89. The van der Waals surface area contributed by atoms with Gasteiger partial charge in [0.05, 0.1) is 6.54 Å². The van der Waals surface area contributed by atoms with Crippen LogP contribution in [0.3, 0.4) is 0 Å². The van der Waals surface area contributed by atoms with Gasteiger partial charge in [0.15, 0.2) is 0 Å². The molecule has 48 valence electrons. The minimum absolute atomic E-state index is 0.955. The zero-order valence-electron chi connectivity index (χ0n) is 5.26. The third-order valence-corrected chi connectivity index (χ3v) is 1.52. The van der Waals surface area contributed by atoms with E-state index in [4.69, 9.17) is 0 Å². The third kappa shape index (κ3) is 0.526. The minimum Gasteiger partial charge on any atom is -0.367 e. The van der Waals surface area contributed by atoms with Crippen LogP contribution < -0.4 is 5.32 Å². The first-order valence-corrected chi connectivity index (χ1v) is 3.02. The van der Waals surface area contributed by atoms with Crippen LogP contribution in [0, 0.1) is 6.92 Å². The van der Waals surface area contributed by atoms with Crippen LogP contribution in [0.15, 0.2) is 0 Å². The summed E-state index contributed by atoms with van der Waals surface area (Å²) >= 11 is 0. The molecule has 4 nitrogen and oxygen atoms in total. The van der Waals surface area contributed by atoms with E-state index in [1.54, 1.807) is 0 Å². The molecular weight excluding hydrogens is 116 g/mol. The van der Waals surface area contributed by atoms with Crippen LogP contribution in [-0.4, -0.2) is 21.5 Å². The van der Waals surface area contributed by atoms with Crippen molar-refractivity contribution in [3.63, 3.8) is 0 Å². The van der Waals surface area contributed by atoms with Crippen molar-refractivity contribution in [1.29, 1.82) is 0 Å². The molecule has 2 rings (SSSR count). The second-order valence-corrected chi connectivity index (χ2v) is 2.17. The van der Waals surface area contributed by atoms with Gasteiger partial charge in [-0.25, -0.2) is 4.68 Å². The van der Waals surface area contributed by atoms with Crippen molar-refractivity contribution >= 4 is 5.82 Å². The Morgan fingerprint density at radius 2 is 2.56 bits per heavy atom. The topological polar surface area (TPSA) is 42.7 Å². The van der Waals surface area contributed by atoms with Crippen LogP contribution in [0.1, 0.15) is 5.69 Å². The Bertz CT molecular complexity index is 227. The van der Waals surface area contributed by atoms with Gasteiger partial charge in [0.2, 0.25) is 0 Å². The Labute approximate surface area is 52.9 Å². The van der Waals surface area contributed by atoms with Crippen molar-refractivity contribution in [2.75, 3.05) is 11.9 Å². The summed E-state index contributed by atoms with van der Waals surface area (Å²) in [7, 11) is 0. The fourth-order valence-electron chi connectivity index (χ4n) is 1.06. The molecule has 1 N–H and O–H groups in total. The predicted molar refractivity (Wildman–Crippen MR) is 33.2 cm³/mol. The highest BCUT2D eigenvalue weighted by molar-refractivity contribution is 5.41. The molecule has 0 atom stereocenters. The van der Waals surface area contributed by atoms with Gasteiger partial charge < -0.3 is 5.32 Å². The Morgan fingerprint density at radius 1 is 1.67 bits per heavy atom. The smallest absolute Gasteiger partial charge is 0.147 e. The second kappa shape index (κ2) is 1.46. The first-order chi connectivity index (χ1) is 4.38. The molecule has 1 aromatic rings. The van der Waals surface area contributed by atoms with E-state index in [1.807, 2.05) is 11.6 Å². The SMILES string of the molecule is Cc1nnn2c1NCC2. The molecule has 4 heteroatoms. The zero-order valence-corrected chi connectivity index (χ0v) is 5.26. The normalized spacial score (nSPS) is 15.2. The second-order valence-electron chi connectivity index (χ2n) is 2.17. The van der Waals surface area contributed by atoms with E-state index in [-0.39, 0.29) is 0 Å². The van der Waals surface area contributed by atoms with Crippen molar-refractivity contribution in [1.82, 2.24) is 15.0 Å². The molecule has 0 fully saturated rings. The maximum atomic E-state index is 3.90. The van der Waals surface area contributed by atoms with Gasteiger partial charge in [-0.3, -0.25) is 0 Å². The maximum Gasteiger partial charge on any atom is 0.147 e. The van der Waals surface area contributed by atoms with Crippen molar-refractivity contribution in [2.45, 2.75) is 13.5 Å². The van der Waals surface area contributed by atoms with E-state index in [1.165, 1.54) is 0 Å². The molecule has 0 saturated heterocycles. The van der Waals surface area contributed by atoms with E-state index in [9.17, 15) is 0 Å². The molecule has 0 spiro atoms. The lowest BCUT2D eigenvalue weighted by Crippen LogP contribution is -1.96. The van der Waals surface area contributed by atoms with Gasteiger partial charge in [-0.15, -0.1) is 5.10 Å². The summed E-state index contributed by atoms with van der Waals surface area (Å²) in [6.07, 6.45) is 0. The summed E-state index contributed by atoms with van der Waals surface area (Å²) in [5, 5.41) is 11.0. The molecule has 0 bridgehead atoms. The fraction of sp³-hybridized carbons (Fsp3) is 0.600. The van der Waals surface area contributed by atoms with Crippen molar-refractivity contribution in [2.24, 2.45) is 0 Å². The van der Waals surface area contributed by atoms with Crippen molar-refractivity contribution in [3.05, 3.63) is 5.69 Å². The Hall–Kier alpha value is -1.06. The van der Waals surface area contributed by atoms with Gasteiger partial charge in [0, 0.05) is 6.54 Å².